The van der Waals surface area contributed by atoms with Gasteiger partial charge in [0.25, 0.3) is 0 Å². The fourth-order valence-corrected chi connectivity index (χ4v) is 2.54. The molecule has 0 unspecified atom stereocenters. The minimum Gasteiger partial charge on any atom is -0.493 e. The number of hydrogen-bond acceptors (Lipinski definition) is 7. The number of benzene rings is 1. The molecule has 0 bridgehead atoms. The van der Waals surface area contributed by atoms with Gasteiger partial charge in [0, 0.05) is 32.7 Å². The average Bonchev–Trinajstić information content (AvgIpc) is 2.60. The van der Waals surface area contributed by atoms with E-state index in [4.69, 9.17) is 18.9 Å². The molecule has 1 aromatic rings. The normalized spacial score (nSPS) is 15.1. The van der Waals surface area contributed by atoms with E-state index in [1.807, 2.05) is 0 Å². The van der Waals surface area contributed by atoms with Gasteiger partial charge >= 0.3 is 5.97 Å². The second-order valence-electron chi connectivity index (χ2n) is 5.11. The van der Waals surface area contributed by atoms with E-state index in [1.54, 1.807) is 12.1 Å². The molecule has 1 aliphatic heterocycles. The highest BCUT2D eigenvalue weighted by atomic mass is 16.5. The van der Waals surface area contributed by atoms with Crippen LogP contribution in [0.4, 0.5) is 0 Å². The van der Waals surface area contributed by atoms with Crippen molar-refractivity contribution in [3.05, 3.63) is 17.7 Å². The lowest BCUT2D eigenvalue weighted by atomic mass is 10.1. The zero-order valence-electron chi connectivity index (χ0n) is 13.9. The van der Waals surface area contributed by atoms with Crippen molar-refractivity contribution in [2.75, 3.05) is 60.7 Å². The lowest BCUT2D eigenvalue weighted by molar-refractivity contribution is 0.0451. The number of nitrogens with zero attached hydrogens (tertiary/aromatic N) is 1. The van der Waals surface area contributed by atoms with Gasteiger partial charge in [0.1, 0.15) is 12.2 Å². The largest absolute Gasteiger partial charge is 0.493 e. The van der Waals surface area contributed by atoms with Gasteiger partial charge in [-0.05, 0) is 12.1 Å². The van der Waals surface area contributed by atoms with Crippen LogP contribution in [0, 0.1) is 0 Å². The molecule has 1 fully saturated rings. The number of hydrogen-bond donors (Lipinski definition) is 1. The summed E-state index contributed by atoms with van der Waals surface area (Å²) >= 11 is 0. The van der Waals surface area contributed by atoms with Crippen LogP contribution in [0.2, 0.25) is 0 Å². The highest BCUT2D eigenvalue weighted by Gasteiger charge is 2.22. The number of piperazine rings is 1. The summed E-state index contributed by atoms with van der Waals surface area (Å²) in [4.78, 5) is 14.6. The van der Waals surface area contributed by atoms with Crippen molar-refractivity contribution in [3.63, 3.8) is 0 Å². The summed E-state index contributed by atoms with van der Waals surface area (Å²) in [6.07, 6.45) is 0. The Hall–Kier alpha value is -1.99. The van der Waals surface area contributed by atoms with E-state index < -0.39 is 5.97 Å². The van der Waals surface area contributed by atoms with Crippen molar-refractivity contribution in [2.24, 2.45) is 0 Å². The Morgan fingerprint density at radius 1 is 1.09 bits per heavy atom. The summed E-state index contributed by atoms with van der Waals surface area (Å²) < 4.78 is 21.2. The number of carbonyl (C=O) groups excluding carboxylic acids is 1. The fraction of sp³-hybridized carbons (Fsp3) is 0.562. The van der Waals surface area contributed by atoms with Gasteiger partial charge in [-0.2, -0.15) is 0 Å². The molecule has 2 rings (SSSR count). The van der Waals surface area contributed by atoms with E-state index in [2.05, 4.69) is 10.2 Å². The molecule has 23 heavy (non-hydrogen) atoms. The van der Waals surface area contributed by atoms with Gasteiger partial charge in [-0.1, -0.05) is 0 Å². The summed E-state index contributed by atoms with van der Waals surface area (Å²) in [6, 6.07) is 3.28. The first-order valence-corrected chi connectivity index (χ1v) is 7.60. The van der Waals surface area contributed by atoms with Crippen LogP contribution in [-0.2, 0) is 4.74 Å². The van der Waals surface area contributed by atoms with Crippen LogP contribution < -0.4 is 19.5 Å². The van der Waals surface area contributed by atoms with Gasteiger partial charge in [-0.3, -0.25) is 4.90 Å². The number of esters is 1. The van der Waals surface area contributed by atoms with E-state index in [0.717, 1.165) is 32.7 Å². The minimum absolute atomic E-state index is 0.319. The third kappa shape index (κ3) is 4.27. The maximum Gasteiger partial charge on any atom is 0.342 e. The monoisotopic (exact) mass is 324 g/mol. The molecule has 0 aromatic heterocycles. The summed E-state index contributed by atoms with van der Waals surface area (Å²) in [6.45, 7) is 4.95. The summed E-state index contributed by atoms with van der Waals surface area (Å²) in [5.41, 5.74) is 0.325. The molecule has 0 spiro atoms. The molecule has 0 aliphatic carbocycles. The third-order valence-corrected chi connectivity index (χ3v) is 3.77. The molecule has 1 N–H and O–H groups in total. The van der Waals surface area contributed by atoms with Crippen LogP contribution in [0.1, 0.15) is 10.4 Å². The Balaban J connectivity index is 2.00. The van der Waals surface area contributed by atoms with Crippen LogP contribution in [0.5, 0.6) is 17.2 Å². The average molecular weight is 324 g/mol. The molecule has 1 heterocycles. The number of carbonyl (C=O) groups is 1. The Kier molecular flexibility index (Phi) is 6.49. The molecule has 0 saturated carbocycles. The summed E-state index contributed by atoms with van der Waals surface area (Å²) in [5, 5.41) is 3.29. The first-order valence-electron chi connectivity index (χ1n) is 7.60. The van der Waals surface area contributed by atoms with Crippen LogP contribution in [0.15, 0.2) is 12.1 Å². The topological polar surface area (TPSA) is 69.3 Å². The van der Waals surface area contributed by atoms with Crippen molar-refractivity contribution in [1.29, 1.82) is 0 Å². The molecule has 7 nitrogen and oxygen atoms in total. The smallest absolute Gasteiger partial charge is 0.342 e. The van der Waals surface area contributed by atoms with Gasteiger partial charge < -0.3 is 24.3 Å². The second kappa shape index (κ2) is 8.59. The van der Waals surface area contributed by atoms with Gasteiger partial charge in [0.2, 0.25) is 5.75 Å². The van der Waals surface area contributed by atoms with E-state index in [1.165, 1.54) is 21.3 Å². The first-order chi connectivity index (χ1) is 11.2. The number of nitrogens with one attached hydrogen (secondary N) is 1. The Bertz CT molecular complexity index is 529. The lowest BCUT2D eigenvalue weighted by Crippen LogP contribution is -2.44. The van der Waals surface area contributed by atoms with E-state index in [-0.39, 0.29) is 0 Å². The van der Waals surface area contributed by atoms with Gasteiger partial charge in [-0.15, -0.1) is 0 Å². The Morgan fingerprint density at radius 3 is 2.39 bits per heavy atom. The van der Waals surface area contributed by atoms with E-state index in [9.17, 15) is 4.79 Å². The zero-order chi connectivity index (χ0) is 16.7. The van der Waals surface area contributed by atoms with Crippen LogP contribution in [0.3, 0.4) is 0 Å². The molecule has 1 saturated heterocycles. The fourth-order valence-electron chi connectivity index (χ4n) is 2.54. The summed E-state index contributed by atoms with van der Waals surface area (Å²) in [5.74, 6) is 0.769. The van der Waals surface area contributed by atoms with Crippen LogP contribution >= 0.6 is 0 Å². The van der Waals surface area contributed by atoms with Crippen molar-refractivity contribution >= 4 is 5.97 Å². The van der Waals surface area contributed by atoms with Crippen molar-refractivity contribution in [2.45, 2.75) is 0 Å². The molecule has 0 atom stereocenters. The quantitative estimate of drug-likeness (QED) is 0.743. The van der Waals surface area contributed by atoms with E-state index in [0.29, 0.717) is 29.4 Å². The molecular weight excluding hydrogens is 300 g/mol. The maximum atomic E-state index is 12.3. The van der Waals surface area contributed by atoms with Crippen LogP contribution in [-0.4, -0.2) is 71.5 Å². The van der Waals surface area contributed by atoms with Crippen LogP contribution in [0.25, 0.3) is 0 Å². The van der Waals surface area contributed by atoms with Gasteiger partial charge in [0.05, 0.1) is 21.3 Å². The highest BCUT2D eigenvalue weighted by molar-refractivity contribution is 5.94. The maximum absolute atomic E-state index is 12.3. The minimum atomic E-state index is -0.432. The number of methoxy groups -OCH3 is 3. The molecule has 0 amide bonds. The number of rotatable bonds is 7. The molecule has 128 valence electrons. The molecule has 1 aromatic carbocycles. The first kappa shape index (κ1) is 17.4. The van der Waals surface area contributed by atoms with Crippen molar-refractivity contribution < 1.29 is 23.7 Å². The van der Waals surface area contributed by atoms with E-state index >= 15 is 0 Å². The standard InChI is InChI=1S/C16H24N2O5/c1-20-13-5-4-12(14(21-2)15(13)22-3)16(19)23-11-10-18-8-6-17-7-9-18/h4-5,17H,6-11H2,1-3H3. The molecular formula is C16H24N2O5. The Labute approximate surface area is 136 Å². The predicted octanol–water partition coefficient (Wildman–Crippen LogP) is 0.774. The molecule has 0 radical (unpaired) electrons. The lowest BCUT2D eigenvalue weighted by Gasteiger charge is -2.26. The molecule has 7 heteroatoms. The highest BCUT2D eigenvalue weighted by Crippen LogP contribution is 2.39. The summed E-state index contributed by atoms with van der Waals surface area (Å²) in [7, 11) is 4.51. The zero-order valence-corrected chi connectivity index (χ0v) is 13.9. The molecule has 1 aliphatic rings. The Morgan fingerprint density at radius 2 is 1.78 bits per heavy atom. The van der Waals surface area contributed by atoms with Gasteiger partial charge in [-0.25, -0.2) is 4.79 Å². The van der Waals surface area contributed by atoms with Gasteiger partial charge in [0.15, 0.2) is 11.5 Å². The van der Waals surface area contributed by atoms with Crippen molar-refractivity contribution in [3.8, 4) is 17.2 Å². The van der Waals surface area contributed by atoms with Crippen molar-refractivity contribution in [1.82, 2.24) is 10.2 Å². The predicted molar refractivity (Wildman–Crippen MR) is 85.7 cm³/mol. The third-order valence-electron chi connectivity index (χ3n) is 3.77. The SMILES string of the molecule is COc1ccc(C(=O)OCCN2CCNCC2)c(OC)c1OC. The second-order valence-corrected chi connectivity index (χ2v) is 5.11. The number of ether oxygens (including phenoxy) is 4.